The van der Waals surface area contributed by atoms with E-state index in [9.17, 15) is 12.8 Å². The largest absolute Gasteiger partial charge is 0.398 e. The lowest BCUT2D eigenvalue weighted by molar-refractivity contribution is 0.153. The van der Waals surface area contributed by atoms with Gasteiger partial charge in [0, 0.05) is 20.3 Å². The molecule has 0 saturated carbocycles. The van der Waals surface area contributed by atoms with Gasteiger partial charge < -0.3 is 10.5 Å². The van der Waals surface area contributed by atoms with Crippen LogP contribution in [0.2, 0.25) is 0 Å². The molecule has 8 heteroatoms. The van der Waals surface area contributed by atoms with E-state index in [1.54, 1.807) is 7.11 Å². The third-order valence-electron chi connectivity index (χ3n) is 3.07. The molecule has 0 atom stereocenters. The van der Waals surface area contributed by atoms with Gasteiger partial charge in [0.05, 0.1) is 10.2 Å². The van der Waals surface area contributed by atoms with Crippen LogP contribution < -0.4 is 10.5 Å². The Morgan fingerprint density at radius 3 is 2.62 bits per heavy atom. The molecule has 0 radical (unpaired) electrons. The molecule has 0 amide bonds. The van der Waals surface area contributed by atoms with Crippen LogP contribution in [-0.2, 0) is 14.8 Å². The van der Waals surface area contributed by atoms with Crippen molar-refractivity contribution in [2.45, 2.75) is 25.2 Å². The van der Waals surface area contributed by atoms with Gasteiger partial charge in [-0.1, -0.05) is 13.8 Å². The highest BCUT2D eigenvalue weighted by atomic mass is 79.9. The first-order valence-electron chi connectivity index (χ1n) is 6.32. The number of sulfonamides is 1. The second-order valence-corrected chi connectivity index (χ2v) is 8.13. The predicted octanol–water partition coefficient (Wildman–Crippen LogP) is 2.51. The summed E-state index contributed by atoms with van der Waals surface area (Å²) in [6.45, 7) is 4.63. The van der Waals surface area contributed by atoms with Crippen LogP contribution >= 0.6 is 15.9 Å². The van der Waals surface area contributed by atoms with Gasteiger partial charge in [-0.3, -0.25) is 0 Å². The summed E-state index contributed by atoms with van der Waals surface area (Å²) >= 11 is 2.96. The first-order chi connectivity index (χ1) is 9.59. The van der Waals surface area contributed by atoms with Gasteiger partial charge in [0.25, 0.3) is 0 Å². The molecule has 21 heavy (non-hydrogen) atoms. The maximum absolute atomic E-state index is 13.3. The number of nitrogen functional groups attached to an aromatic ring is 1. The molecule has 1 aromatic carbocycles. The number of nitrogens with two attached hydrogens (primary N) is 1. The van der Waals surface area contributed by atoms with E-state index in [2.05, 4.69) is 20.7 Å². The van der Waals surface area contributed by atoms with E-state index in [1.807, 2.05) is 13.8 Å². The second-order valence-electron chi connectivity index (χ2n) is 5.54. The van der Waals surface area contributed by atoms with Gasteiger partial charge in [0.1, 0.15) is 10.7 Å². The topological polar surface area (TPSA) is 81.4 Å². The Morgan fingerprint density at radius 2 is 2.05 bits per heavy atom. The molecular formula is C13H20BrFN2O3S. The van der Waals surface area contributed by atoms with E-state index in [0.29, 0.717) is 13.0 Å². The number of hydrogen-bond acceptors (Lipinski definition) is 4. The van der Waals surface area contributed by atoms with Crippen molar-refractivity contribution >= 4 is 31.6 Å². The molecule has 0 unspecified atom stereocenters. The Labute approximate surface area is 133 Å². The number of anilines is 1. The summed E-state index contributed by atoms with van der Waals surface area (Å²) in [5.41, 5.74) is 5.20. The van der Waals surface area contributed by atoms with E-state index >= 15 is 0 Å². The van der Waals surface area contributed by atoms with Crippen molar-refractivity contribution in [2.75, 3.05) is 26.0 Å². The zero-order valence-corrected chi connectivity index (χ0v) is 14.6. The lowest BCUT2D eigenvalue weighted by Crippen LogP contribution is -2.35. The molecule has 0 aliphatic rings. The maximum Gasteiger partial charge on any atom is 0.242 e. The third kappa shape index (κ3) is 5.21. The molecule has 5 nitrogen and oxygen atoms in total. The van der Waals surface area contributed by atoms with Crippen LogP contribution in [0.4, 0.5) is 10.1 Å². The standard InChI is InChI=1S/C13H20BrFN2O3S/c1-13(2,4-5-20-3)8-17-21(18,19)12-6-9(14)10(15)7-11(12)16/h6-7,17H,4-5,8,16H2,1-3H3. The lowest BCUT2D eigenvalue weighted by Gasteiger charge is -2.24. The fraction of sp³-hybridized carbons (Fsp3) is 0.538. The van der Waals surface area contributed by atoms with Crippen LogP contribution in [0.1, 0.15) is 20.3 Å². The van der Waals surface area contributed by atoms with Crippen molar-refractivity contribution in [3.63, 3.8) is 0 Å². The SMILES string of the molecule is COCCC(C)(C)CNS(=O)(=O)c1cc(Br)c(F)cc1N. The van der Waals surface area contributed by atoms with Crippen LogP contribution in [-0.4, -0.2) is 28.7 Å². The number of rotatable bonds is 7. The number of benzene rings is 1. The zero-order chi connectivity index (χ0) is 16.3. The van der Waals surface area contributed by atoms with Crippen LogP contribution in [0.3, 0.4) is 0 Å². The molecule has 0 spiro atoms. The van der Waals surface area contributed by atoms with Gasteiger partial charge >= 0.3 is 0 Å². The smallest absolute Gasteiger partial charge is 0.242 e. The number of halogens is 2. The number of hydrogen-bond donors (Lipinski definition) is 2. The summed E-state index contributed by atoms with van der Waals surface area (Å²) in [4.78, 5) is -0.140. The second kappa shape index (κ2) is 7.04. The first kappa shape index (κ1) is 18.3. The van der Waals surface area contributed by atoms with Crippen molar-refractivity contribution in [2.24, 2.45) is 5.41 Å². The quantitative estimate of drug-likeness (QED) is 0.709. The van der Waals surface area contributed by atoms with Crippen molar-refractivity contribution < 1.29 is 17.5 Å². The summed E-state index contributed by atoms with van der Waals surface area (Å²) < 4.78 is 45.4. The molecule has 0 aliphatic heterocycles. The fourth-order valence-corrected chi connectivity index (χ4v) is 3.48. The van der Waals surface area contributed by atoms with E-state index in [4.69, 9.17) is 10.5 Å². The number of methoxy groups -OCH3 is 1. The zero-order valence-electron chi connectivity index (χ0n) is 12.2. The summed E-state index contributed by atoms with van der Waals surface area (Å²) in [7, 11) is -2.21. The molecule has 0 heterocycles. The van der Waals surface area contributed by atoms with Gasteiger partial charge in [-0.15, -0.1) is 0 Å². The first-order valence-corrected chi connectivity index (χ1v) is 8.60. The van der Waals surface area contributed by atoms with Crippen molar-refractivity contribution in [1.29, 1.82) is 0 Å². The fourth-order valence-electron chi connectivity index (χ4n) is 1.61. The molecule has 0 aliphatic carbocycles. The van der Waals surface area contributed by atoms with Gasteiger partial charge in [0.15, 0.2) is 0 Å². The average molecular weight is 383 g/mol. The molecule has 120 valence electrons. The molecule has 0 saturated heterocycles. The summed E-state index contributed by atoms with van der Waals surface area (Å²) in [5.74, 6) is -0.605. The summed E-state index contributed by atoms with van der Waals surface area (Å²) in [5, 5.41) is 0. The molecule has 0 aromatic heterocycles. The van der Waals surface area contributed by atoms with Crippen molar-refractivity contribution in [1.82, 2.24) is 4.72 Å². The Hall–Kier alpha value is -0.700. The Bertz CT molecular complexity index is 606. The van der Waals surface area contributed by atoms with Gasteiger partial charge in [-0.25, -0.2) is 17.5 Å². The van der Waals surface area contributed by atoms with Gasteiger partial charge in [0.2, 0.25) is 10.0 Å². The van der Waals surface area contributed by atoms with Gasteiger partial charge in [-0.05, 0) is 39.9 Å². The molecule has 1 rings (SSSR count). The minimum absolute atomic E-state index is 0.0516. The minimum atomic E-state index is -3.80. The van der Waals surface area contributed by atoms with E-state index in [0.717, 1.165) is 12.1 Å². The Morgan fingerprint density at radius 1 is 1.43 bits per heavy atom. The van der Waals surface area contributed by atoms with Crippen LogP contribution in [0, 0.1) is 11.2 Å². The Kier molecular flexibility index (Phi) is 6.15. The van der Waals surface area contributed by atoms with E-state index < -0.39 is 15.8 Å². The predicted molar refractivity (Wildman–Crippen MR) is 84.0 cm³/mol. The van der Waals surface area contributed by atoms with E-state index in [-0.39, 0.29) is 27.0 Å². The highest BCUT2D eigenvalue weighted by molar-refractivity contribution is 9.10. The van der Waals surface area contributed by atoms with Gasteiger partial charge in [-0.2, -0.15) is 0 Å². The van der Waals surface area contributed by atoms with Crippen molar-refractivity contribution in [3.8, 4) is 0 Å². The third-order valence-corrected chi connectivity index (χ3v) is 5.13. The number of ether oxygens (including phenoxy) is 1. The highest BCUT2D eigenvalue weighted by Gasteiger charge is 2.24. The average Bonchev–Trinajstić information content (AvgIpc) is 2.38. The van der Waals surface area contributed by atoms with Crippen molar-refractivity contribution in [3.05, 3.63) is 22.4 Å². The normalized spacial score (nSPS) is 12.6. The Balaban J connectivity index is 2.90. The maximum atomic E-state index is 13.3. The molecule has 1 aromatic rings. The highest BCUT2D eigenvalue weighted by Crippen LogP contribution is 2.27. The lowest BCUT2D eigenvalue weighted by atomic mass is 9.90. The van der Waals surface area contributed by atoms with Crippen LogP contribution in [0.15, 0.2) is 21.5 Å². The summed E-state index contributed by atoms with van der Waals surface area (Å²) in [6, 6.07) is 2.14. The molecule has 0 fully saturated rings. The minimum Gasteiger partial charge on any atom is -0.398 e. The monoisotopic (exact) mass is 382 g/mol. The summed E-state index contributed by atoms with van der Waals surface area (Å²) in [6.07, 6.45) is 0.703. The molecule has 0 bridgehead atoms. The molecular weight excluding hydrogens is 363 g/mol. The van der Waals surface area contributed by atoms with Crippen LogP contribution in [0.5, 0.6) is 0 Å². The molecule has 3 N–H and O–H groups in total. The number of nitrogens with one attached hydrogen (secondary N) is 1. The van der Waals surface area contributed by atoms with Crippen LogP contribution in [0.25, 0.3) is 0 Å². The van der Waals surface area contributed by atoms with E-state index in [1.165, 1.54) is 0 Å².